The Balaban J connectivity index is 1.61. The molecule has 0 aliphatic carbocycles. The lowest BCUT2D eigenvalue weighted by Gasteiger charge is -2.17. The minimum absolute atomic E-state index is 0.0932. The van der Waals surface area contributed by atoms with Crippen LogP contribution in [-0.2, 0) is 11.3 Å². The third-order valence-electron chi connectivity index (χ3n) is 6.05. The van der Waals surface area contributed by atoms with Gasteiger partial charge < -0.3 is 14.1 Å². The lowest BCUT2D eigenvalue weighted by Crippen LogP contribution is -2.19. The first kappa shape index (κ1) is 22.5. The quantitative estimate of drug-likeness (QED) is 0.223. The van der Waals surface area contributed by atoms with Crippen LogP contribution in [0.3, 0.4) is 0 Å². The molecule has 1 aromatic heterocycles. The molecule has 8 heteroatoms. The van der Waals surface area contributed by atoms with Crippen molar-refractivity contribution in [2.24, 2.45) is 0 Å². The van der Waals surface area contributed by atoms with Crippen molar-refractivity contribution in [3.05, 3.63) is 79.2 Å². The molecule has 4 rings (SSSR count). The van der Waals surface area contributed by atoms with Gasteiger partial charge in [0.25, 0.3) is 5.69 Å². The molecule has 0 spiro atoms. The van der Waals surface area contributed by atoms with Crippen LogP contribution in [0.25, 0.3) is 11.0 Å². The molecule has 1 saturated heterocycles. The van der Waals surface area contributed by atoms with E-state index in [2.05, 4.69) is 13.8 Å². The maximum atomic E-state index is 12.7. The number of rotatable bonds is 6. The summed E-state index contributed by atoms with van der Waals surface area (Å²) in [5.41, 5.74) is 3.04. The molecule has 1 aliphatic heterocycles. The second-order valence-corrected chi connectivity index (χ2v) is 8.68. The van der Waals surface area contributed by atoms with E-state index in [9.17, 15) is 19.7 Å². The zero-order chi connectivity index (χ0) is 23.7. The molecule has 0 bridgehead atoms. The van der Waals surface area contributed by atoms with Crippen molar-refractivity contribution >= 4 is 28.3 Å². The van der Waals surface area contributed by atoms with Gasteiger partial charge in [-0.25, -0.2) is 9.59 Å². The standard InChI is InChI=1S/C25H26N2O6/c1-15(2)19-13-20-18(12-24(28)33-23(20)10-16(19)3)14-32-25(29)17-6-7-21(22(11-17)27(30)31)26-8-4-5-9-26/h6-7,10-13,15H,4-5,8-9,14H2,1-3H3. The molecule has 0 unspecified atom stereocenters. The summed E-state index contributed by atoms with van der Waals surface area (Å²) in [6, 6.07) is 9.49. The van der Waals surface area contributed by atoms with Crippen LogP contribution in [0.4, 0.5) is 11.4 Å². The molecule has 2 heterocycles. The summed E-state index contributed by atoms with van der Waals surface area (Å²) in [6.07, 6.45) is 1.97. The number of nitrogens with zero attached hydrogens (tertiary/aromatic N) is 2. The van der Waals surface area contributed by atoms with Crippen molar-refractivity contribution in [3.63, 3.8) is 0 Å². The molecule has 0 atom stereocenters. The first-order chi connectivity index (χ1) is 15.7. The number of hydrogen-bond donors (Lipinski definition) is 0. The minimum Gasteiger partial charge on any atom is -0.457 e. The van der Waals surface area contributed by atoms with Crippen LogP contribution >= 0.6 is 0 Å². The first-order valence-corrected chi connectivity index (χ1v) is 11.0. The van der Waals surface area contributed by atoms with Crippen LogP contribution in [0, 0.1) is 17.0 Å². The van der Waals surface area contributed by atoms with Gasteiger partial charge in [0, 0.05) is 36.2 Å². The Bertz CT molecular complexity index is 1290. The van der Waals surface area contributed by atoms with Gasteiger partial charge in [-0.1, -0.05) is 13.8 Å². The van der Waals surface area contributed by atoms with E-state index in [0.717, 1.165) is 37.1 Å². The molecule has 0 radical (unpaired) electrons. The van der Waals surface area contributed by atoms with E-state index < -0.39 is 16.5 Å². The molecule has 172 valence electrons. The summed E-state index contributed by atoms with van der Waals surface area (Å²) in [4.78, 5) is 37.9. The molecule has 1 aliphatic rings. The monoisotopic (exact) mass is 450 g/mol. The number of aryl methyl sites for hydroxylation is 1. The predicted molar refractivity (Wildman–Crippen MR) is 125 cm³/mol. The summed E-state index contributed by atoms with van der Waals surface area (Å²) >= 11 is 0. The largest absolute Gasteiger partial charge is 0.457 e. The molecule has 0 N–H and O–H groups in total. The first-order valence-electron chi connectivity index (χ1n) is 11.0. The molecule has 2 aromatic carbocycles. The van der Waals surface area contributed by atoms with E-state index in [-0.39, 0.29) is 23.8 Å². The average Bonchev–Trinajstić information content (AvgIpc) is 3.30. The molecule has 33 heavy (non-hydrogen) atoms. The highest BCUT2D eigenvalue weighted by Gasteiger charge is 2.24. The Morgan fingerprint density at radius 1 is 1.18 bits per heavy atom. The highest BCUT2D eigenvalue weighted by atomic mass is 16.6. The number of anilines is 1. The van der Waals surface area contributed by atoms with Crippen LogP contribution < -0.4 is 10.5 Å². The molecule has 0 saturated carbocycles. The minimum atomic E-state index is -0.691. The van der Waals surface area contributed by atoms with E-state index in [4.69, 9.17) is 9.15 Å². The van der Waals surface area contributed by atoms with Crippen molar-refractivity contribution in [2.75, 3.05) is 18.0 Å². The maximum absolute atomic E-state index is 12.7. The van der Waals surface area contributed by atoms with Crippen LogP contribution in [0.2, 0.25) is 0 Å². The summed E-state index contributed by atoms with van der Waals surface area (Å²) in [5, 5.41) is 12.3. The van der Waals surface area contributed by atoms with Gasteiger partial charge in [0.1, 0.15) is 17.9 Å². The van der Waals surface area contributed by atoms with Crippen molar-refractivity contribution in [1.82, 2.24) is 0 Å². The summed E-state index contributed by atoms with van der Waals surface area (Å²) < 4.78 is 10.8. The van der Waals surface area contributed by atoms with E-state index >= 15 is 0 Å². The number of nitro benzene ring substituents is 1. The maximum Gasteiger partial charge on any atom is 0.338 e. The van der Waals surface area contributed by atoms with Gasteiger partial charge in [-0.2, -0.15) is 0 Å². The van der Waals surface area contributed by atoms with Crippen molar-refractivity contribution in [3.8, 4) is 0 Å². The second-order valence-electron chi connectivity index (χ2n) is 8.68. The highest BCUT2D eigenvalue weighted by molar-refractivity contribution is 5.92. The number of esters is 1. The van der Waals surface area contributed by atoms with Gasteiger partial charge in [0.15, 0.2) is 0 Å². The van der Waals surface area contributed by atoms with Gasteiger partial charge in [-0.15, -0.1) is 0 Å². The molecule has 1 fully saturated rings. The van der Waals surface area contributed by atoms with Crippen LogP contribution in [0.15, 0.2) is 45.6 Å². The molecular formula is C25H26N2O6. The van der Waals surface area contributed by atoms with E-state index in [1.807, 2.05) is 24.0 Å². The molecule has 8 nitrogen and oxygen atoms in total. The number of benzene rings is 2. The zero-order valence-corrected chi connectivity index (χ0v) is 18.9. The molecule has 0 amide bonds. The third-order valence-corrected chi connectivity index (χ3v) is 6.05. The molecule has 3 aromatic rings. The Morgan fingerprint density at radius 3 is 2.58 bits per heavy atom. The highest BCUT2D eigenvalue weighted by Crippen LogP contribution is 2.32. The van der Waals surface area contributed by atoms with Gasteiger partial charge in [-0.05, 0) is 61.1 Å². The lowest BCUT2D eigenvalue weighted by molar-refractivity contribution is -0.384. The van der Waals surface area contributed by atoms with Gasteiger partial charge in [-0.3, -0.25) is 10.1 Å². The normalized spacial score (nSPS) is 13.6. The van der Waals surface area contributed by atoms with Gasteiger partial charge >= 0.3 is 11.6 Å². The van der Waals surface area contributed by atoms with Crippen molar-refractivity contribution in [2.45, 2.75) is 46.1 Å². The Hall–Kier alpha value is -3.68. The number of ether oxygens (including phenoxy) is 1. The van der Waals surface area contributed by atoms with Crippen molar-refractivity contribution < 1.29 is 18.9 Å². The average molecular weight is 450 g/mol. The summed E-state index contributed by atoms with van der Waals surface area (Å²) in [7, 11) is 0. The van der Waals surface area contributed by atoms with E-state index in [1.54, 1.807) is 12.1 Å². The Morgan fingerprint density at radius 2 is 1.91 bits per heavy atom. The Labute approximate surface area is 190 Å². The number of hydrogen-bond acceptors (Lipinski definition) is 7. The second kappa shape index (κ2) is 9.05. The Kier molecular flexibility index (Phi) is 6.18. The summed E-state index contributed by atoms with van der Waals surface area (Å²) in [6.45, 7) is 7.47. The van der Waals surface area contributed by atoms with Crippen molar-refractivity contribution in [1.29, 1.82) is 0 Å². The topological polar surface area (TPSA) is 103 Å². The molecular weight excluding hydrogens is 424 g/mol. The number of carbonyl (C=O) groups excluding carboxylic acids is 1. The number of carbonyl (C=O) groups is 1. The smallest absolute Gasteiger partial charge is 0.338 e. The fourth-order valence-electron chi connectivity index (χ4n) is 4.38. The number of fused-ring (bicyclic) bond motifs is 1. The van der Waals surface area contributed by atoms with E-state index in [1.165, 1.54) is 12.1 Å². The zero-order valence-electron chi connectivity index (χ0n) is 18.9. The number of nitro groups is 1. The van der Waals surface area contributed by atoms with Gasteiger partial charge in [0.2, 0.25) is 0 Å². The van der Waals surface area contributed by atoms with Crippen LogP contribution in [0.5, 0.6) is 0 Å². The van der Waals surface area contributed by atoms with Crippen LogP contribution in [0.1, 0.15) is 59.7 Å². The SMILES string of the molecule is Cc1cc2oc(=O)cc(COC(=O)c3ccc(N4CCCC4)c([N+](=O)[O-])c3)c2cc1C(C)C. The fraction of sp³-hybridized carbons (Fsp3) is 0.360. The van der Waals surface area contributed by atoms with Crippen LogP contribution in [-0.4, -0.2) is 24.0 Å². The lowest BCUT2D eigenvalue weighted by atomic mass is 9.95. The third kappa shape index (κ3) is 4.60. The predicted octanol–water partition coefficient (Wildman–Crippen LogP) is 5.09. The fourth-order valence-corrected chi connectivity index (χ4v) is 4.38. The van der Waals surface area contributed by atoms with Gasteiger partial charge in [0.05, 0.1) is 10.5 Å². The van der Waals surface area contributed by atoms with E-state index in [0.29, 0.717) is 22.2 Å². The summed E-state index contributed by atoms with van der Waals surface area (Å²) in [5.74, 6) is -0.421.